The molecule has 1 aromatic carbocycles. The Kier molecular flexibility index (Phi) is 4.67. The molecule has 1 heterocycles. The van der Waals surface area contributed by atoms with Crippen molar-refractivity contribution in [3.8, 4) is 0 Å². The Labute approximate surface area is 142 Å². The van der Waals surface area contributed by atoms with Crippen LogP contribution in [0.25, 0.3) is 10.9 Å². The number of nitrogens with zero attached hydrogens (tertiary/aromatic N) is 1. The van der Waals surface area contributed by atoms with Crippen molar-refractivity contribution in [3.63, 3.8) is 0 Å². The van der Waals surface area contributed by atoms with Gasteiger partial charge in [-0.05, 0) is 31.4 Å². The Morgan fingerprint density at radius 1 is 1.25 bits per heavy atom. The number of alkyl halides is 3. The zero-order valence-electron chi connectivity index (χ0n) is 12.7. The van der Waals surface area contributed by atoms with Crippen molar-refractivity contribution < 1.29 is 18.0 Å². The number of nitrogens with one attached hydrogen (secondary N) is 1. The van der Waals surface area contributed by atoms with Crippen molar-refractivity contribution in [2.45, 2.75) is 37.9 Å². The van der Waals surface area contributed by atoms with E-state index in [1.807, 2.05) is 0 Å². The lowest BCUT2D eigenvalue weighted by atomic mass is 9.85. The number of rotatable bonds is 2. The minimum Gasteiger partial charge on any atom is -0.349 e. The number of hydrogen-bond acceptors (Lipinski definition) is 2. The van der Waals surface area contributed by atoms with E-state index >= 15 is 0 Å². The highest BCUT2D eigenvalue weighted by atomic mass is 35.5. The third-order valence-electron chi connectivity index (χ3n) is 4.40. The molecule has 0 saturated heterocycles. The number of para-hydroxylation sites is 1. The topological polar surface area (TPSA) is 42.0 Å². The summed E-state index contributed by atoms with van der Waals surface area (Å²) in [7, 11) is 0. The molecule has 0 aliphatic heterocycles. The van der Waals surface area contributed by atoms with Gasteiger partial charge in [-0.2, -0.15) is 13.2 Å². The predicted octanol–water partition coefficient (Wildman–Crippen LogP) is 4.74. The van der Waals surface area contributed by atoms with Gasteiger partial charge in [0, 0.05) is 11.4 Å². The van der Waals surface area contributed by atoms with Crippen LogP contribution in [0.5, 0.6) is 0 Å². The van der Waals surface area contributed by atoms with Gasteiger partial charge in [0.1, 0.15) is 5.15 Å². The summed E-state index contributed by atoms with van der Waals surface area (Å²) in [5, 5.41) is 3.54. The second kappa shape index (κ2) is 6.59. The minimum absolute atomic E-state index is 0.0774. The molecule has 1 aliphatic rings. The normalized spacial score (nSPS) is 21.7. The number of amides is 1. The van der Waals surface area contributed by atoms with E-state index in [0.29, 0.717) is 29.3 Å². The van der Waals surface area contributed by atoms with Gasteiger partial charge in [-0.25, -0.2) is 4.98 Å². The zero-order chi connectivity index (χ0) is 17.3. The molecule has 24 heavy (non-hydrogen) atoms. The second-order valence-corrected chi connectivity index (χ2v) is 6.47. The lowest BCUT2D eigenvalue weighted by Gasteiger charge is -2.31. The lowest BCUT2D eigenvalue weighted by molar-refractivity contribution is -0.183. The summed E-state index contributed by atoms with van der Waals surface area (Å²) in [5.74, 6) is -1.77. The third kappa shape index (κ3) is 3.64. The quantitative estimate of drug-likeness (QED) is 0.790. The largest absolute Gasteiger partial charge is 0.391 e. The van der Waals surface area contributed by atoms with Crippen molar-refractivity contribution in [2.24, 2.45) is 5.92 Å². The molecule has 128 valence electrons. The Hall–Kier alpha value is -1.82. The number of benzene rings is 1. The maximum Gasteiger partial charge on any atom is 0.391 e. The maximum absolute atomic E-state index is 12.9. The van der Waals surface area contributed by atoms with Crippen LogP contribution in [0.2, 0.25) is 5.15 Å². The van der Waals surface area contributed by atoms with Crippen LogP contribution in [-0.2, 0) is 0 Å². The van der Waals surface area contributed by atoms with Gasteiger partial charge in [0.25, 0.3) is 5.91 Å². The molecule has 3 nitrogen and oxygen atoms in total. The van der Waals surface area contributed by atoms with Crippen molar-refractivity contribution in [2.75, 3.05) is 0 Å². The molecule has 1 fully saturated rings. The summed E-state index contributed by atoms with van der Waals surface area (Å²) in [6, 6.07) is 8.00. The highest BCUT2D eigenvalue weighted by Gasteiger charge is 2.42. The monoisotopic (exact) mass is 356 g/mol. The molecule has 0 radical (unpaired) electrons. The summed E-state index contributed by atoms with van der Waals surface area (Å²) >= 11 is 5.95. The Balaban J connectivity index is 1.80. The Bertz CT molecular complexity index is 763. The summed E-state index contributed by atoms with van der Waals surface area (Å²) in [4.78, 5) is 16.7. The van der Waals surface area contributed by atoms with Crippen LogP contribution in [0, 0.1) is 5.92 Å². The van der Waals surface area contributed by atoms with Crippen LogP contribution in [0.4, 0.5) is 13.2 Å². The van der Waals surface area contributed by atoms with E-state index < -0.39 is 24.0 Å². The Morgan fingerprint density at radius 2 is 2.00 bits per heavy atom. The SMILES string of the molecule is O=C(NC1CCCC(C(F)(F)F)C1)c1cc(Cl)nc2ccccc12. The van der Waals surface area contributed by atoms with Gasteiger partial charge in [-0.1, -0.05) is 36.2 Å². The van der Waals surface area contributed by atoms with E-state index in [1.165, 1.54) is 6.07 Å². The molecule has 7 heteroatoms. The minimum atomic E-state index is -4.21. The summed E-state index contributed by atoms with van der Waals surface area (Å²) in [5.41, 5.74) is 0.909. The number of pyridine rings is 1. The maximum atomic E-state index is 12.9. The van der Waals surface area contributed by atoms with Crippen molar-refractivity contribution >= 4 is 28.4 Å². The van der Waals surface area contributed by atoms with Crippen molar-refractivity contribution in [1.29, 1.82) is 0 Å². The van der Waals surface area contributed by atoms with Gasteiger partial charge in [0.15, 0.2) is 0 Å². The van der Waals surface area contributed by atoms with E-state index in [0.717, 1.165) is 0 Å². The molecule has 0 spiro atoms. The number of fused-ring (bicyclic) bond motifs is 1. The summed E-state index contributed by atoms with van der Waals surface area (Å²) in [6.07, 6.45) is -3.16. The fourth-order valence-corrected chi connectivity index (χ4v) is 3.41. The number of hydrogen-bond donors (Lipinski definition) is 1. The van der Waals surface area contributed by atoms with E-state index in [4.69, 9.17) is 11.6 Å². The highest BCUT2D eigenvalue weighted by Crippen LogP contribution is 2.37. The van der Waals surface area contributed by atoms with Gasteiger partial charge >= 0.3 is 6.18 Å². The Morgan fingerprint density at radius 3 is 2.75 bits per heavy atom. The van der Waals surface area contributed by atoms with Crippen LogP contribution < -0.4 is 5.32 Å². The third-order valence-corrected chi connectivity index (χ3v) is 4.60. The van der Waals surface area contributed by atoms with Crippen LogP contribution >= 0.6 is 11.6 Å². The smallest absolute Gasteiger partial charge is 0.349 e. The van der Waals surface area contributed by atoms with Crippen LogP contribution in [-0.4, -0.2) is 23.1 Å². The molecule has 0 bridgehead atoms. The average Bonchev–Trinajstić information content (AvgIpc) is 2.53. The standard InChI is InChI=1S/C17H16ClF3N2O/c18-15-9-13(12-6-1-2-7-14(12)23-15)16(24)22-11-5-3-4-10(8-11)17(19,20)21/h1-2,6-7,9-11H,3-5,8H2,(H,22,24). The molecule has 1 N–H and O–H groups in total. The van der Waals surface area contributed by atoms with Gasteiger partial charge in [0.2, 0.25) is 0 Å². The molecule has 2 atom stereocenters. The van der Waals surface area contributed by atoms with Crippen LogP contribution in [0.15, 0.2) is 30.3 Å². The molecule has 1 amide bonds. The number of aromatic nitrogens is 1. The molecule has 1 saturated carbocycles. The molecule has 2 unspecified atom stereocenters. The number of carbonyl (C=O) groups is 1. The van der Waals surface area contributed by atoms with E-state index in [-0.39, 0.29) is 18.0 Å². The first-order valence-corrected chi connectivity index (χ1v) is 8.15. The lowest BCUT2D eigenvalue weighted by Crippen LogP contribution is -2.41. The average molecular weight is 357 g/mol. The molecule has 2 aromatic rings. The molecule has 1 aromatic heterocycles. The first kappa shape index (κ1) is 17.0. The number of halogens is 4. The van der Waals surface area contributed by atoms with Crippen molar-refractivity contribution in [1.82, 2.24) is 10.3 Å². The first-order valence-electron chi connectivity index (χ1n) is 7.77. The first-order chi connectivity index (χ1) is 11.3. The van der Waals surface area contributed by atoms with E-state index in [2.05, 4.69) is 10.3 Å². The van der Waals surface area contributed by atoms with Gasteiger partial charge < -0.3 is 5.32 Å². The molecular weight excluding hydrogens is 341 g/mol. The second-order valence-electron chi connectivity index (χ2n) is 6.09. The van der Waals surface area contributed by atoms with Gasteiger partial charge in [-0.3, -0.25) is 4.79 Å². The molecule has 1 aliphatic carbocycles. The molecule has 3 rings (SSSR count). The van der Waals surface area contributed by atoms with Crippen molar-refractivity contribution in [3.05, 3.63) is 41.0 Å². The van der Waals surface area contributed by atoms with Gasteiger partial charge in [-0.15, -0.1) is 0 Å². The van der Waals surface area contributed by atoms with E-state index in [9.17, 15) is 18.0 Å². The van der Waals surface area contributed by atoms with E-state index in [1.54, 1.807) is 24.3 Å². The molecular formula is C17H16ClF3N2O. The van der Waals surface area contributed by atoms with Gasteiger partial charge in [0.05, 0.1) is 17.0 Å². The fourth-order valence-electron chi connectivity index (χ4n) is 3.21. The zero-order valence-corrected chi connectivity index (χ0v) is 13.5. The summed E-state index contributed by atoms with van der Waals surface area (Å²) < 4.78 is 38.7. The predicted molar refractivity (Wildman–Crippen MR) is 86.0 cm³/mol. The van der Waals surface area contributed by atoms with Crippen LogP contribution in [0.3, 0.4) is 0 Å². The van der Waals surface area contributed by atoms with Crippen LogP contribution in [0.1, 0.15) is 36.0 Å². The number of carbonyl (C=O) groups excluding carboxylic acids is 1. The highest BCUT2D eigenvalue weighted by molar-refractivity contribution is 6.30. The summed E-state index contributed by atoms with van der Waals surface area (Å²) in [6.45, 7) is 0. The fraction of sp³-hybridized carbons (Fsp3) is 0.412.